The number of nitriles is 2. The number of esters is 4. The molecule has 4 atom stereocenters. The summed E-state index contributed by atoms with van der Waals surface area (Å²) in [4.78, 5) is 134. The Kier molecular flexibility index (Phi) is 31.2. The number of methoxy groups -OCH3 is 4. The van der Waals surface area contributed by atoms with Crippen molar-refractivity contribution in [3.8, 4) is 12.1 Å². The van der Waals surface area contributed by atoms with Gasteiger partial charge in [-0.2, -0.15) is 10.5 Å². The summed E-state index contributed by atoms with van der Waals surface area (Å²) < 4.78 is 17.6. The number of carbonyl (C=O) groups excluding carboxylic acids is 12. The van der Waals surface area contributed by atoms with Gasteiger partial charge in [-0.15, -0.1) is 0 Å². The Morgan fingerprint density at radius 2 is 0.583 bits per heavy atom. The number of ether oxygens (including phenoxy) is 4. The fourth-order valence-electron chi connectivity index (χ4n) is 4.09. The predicted molar refractivity (Wildman–Crippen MR) is 190 cm³/mol. The molecule has 334 valence electrons. The van der Waals surface area contributed by atoms with Gasteiger partial charge in [0.05, 0.1) is 64.7 Å². The molecule has 0 aromatic heterocycles. The van der Waals surface area contributed by atoms with Crippen LogP contribution in [0.2, 0.25) is 0 Å². The molecule has 28 heteroatoms. The largest absolute Gasteiger partial charge is 2.00 e. The van der Waals surface area contributed by atoms with Crippen molar-refractivity contribution in [2.75, 3.05) is 54.6 Å². The number of carbonyl (C=O) groups is 12. The van der Waals surface area contributed by atoms with Gasteiger partial charge < -0.3 is 59.8 Å². The normalized spacial score (nSPS) is 18.7. The van der Waals surface area contributed by atoms with Gasteiger partial charge in [-0.1, -0.05) is 0 Å². The van der Waals surface area contributed by atoms with Gasteiger partial charge in [0.25, 0.3) is 0 Å². The Morgan fingerprint density at radius 1 is 0.450 bits per heavy atom. The fourth-order valence-corrected chi connectivity index (χ4v) is 4.09. The summed E-state index contributed by atoms with van der Waals surface area (Å²) in [5.74, 6) is -4.07. The molecule has 4 aliphatic heterocycles. The Balaban J connectivity index is -0.000000329. The van der Waals surface area contributed by atoms with E-state index >= 15 is 0 Å². The summed E-state index contributed by atoms with van der Waals surface area (Å²) in [6, 6.07) is -2.65. The van der Waals surface area contributed by atoms with Crippen LogP contribution in [0.4, 0.5) is 19.2 Å². The molecular formula is C32H42N10O16Rh2. The van der Waals surface area contributed by atoms with Gasteiger partial charge in [0.2, 0.25) is 0 Å². The monoisotopic (exact) mass is 1030 g/mol. The van der Waals surface area contributed by atoms with Crippen molar-refractivity contribution in [3.63, 3.8) is 0 Å². The van der Waals surface area contributed by atoms with Crippen molar-refractivity contribution in [1.82, 2.24) is 19.6 Å². The van der Waals surface area contributed by atoms with E-state index in [4.69, 9.17) is 10.5 Å². The summed E-state index contributed by atoms with van der Waals surface area (Å²) in [7, 11) is 4.83. The molecule has 0 N–H and O–H groups in total. The second-order valence-corrected chi connectivity index (χ2v) is 10.8. The van der Waals surface area contributed by atoms with Crippen molar-refractivity contribution in [2.45, 2.75) is 65.7 Å². The van der Waals surface area contributed by atoms with Crippen LogP contribution in [0.25, 0.3) is 21.3 Å². The molecule has 0 aliphatic carbocycles. The average Bonchev–Trinajstić information content (AvgIpc) is 3.96. The standard InChI is InChI=1S/4C7H10N2O4.2C2H3N.2Rh/c4*1-4(10)9-3-5(6(11)13-2)8-7(9)12;2*1-2-3;;/h4*5H,3H2,1-2H3,(H,8,12);2*1H3;;/q;;;;;;2*+2/p-4/t4*5-;;;;/m0000..../s1. The number of hydrogen-bond donors (Lipinski definition) is 0. The number of urea groups is 4. The van der Waals surface area contributed by atoms with Gasteiger partial charge >= 0.3 is 62.8 Å². The fraction of sp³-hybridized carbons (Fsp3) is 0.562. The summed E-state index contributed by atoms with van der Waals surface area (Å²) in [5, 5.41) is 28.5. The minimum atomic E-state index is -0.860. The number of rotatable bonds is 4. The Labute approximate surface area is 369 Å². The molecule has 26 nitrogen and oxygen atoms in total. The van der Waals surface area contributed by atoms with E-state index in [2.05, 4.69) is 40.2 Å². The van der Waals surface area contributed by atoms with Crippen LogP contribution in [-0.2, 0) is 96.3 Å². The van der Waals surface area contributed by atoms with Crippen LogP contribution in [-0.4, -0.2) is 170 Å². The first-order valence-corrected chi connectivity index (χ1v) is 16.1. The summed E-state index contributed by atoms with van der Waals surface area (Å²) in [6.07, 6.45) is 0. The number of amides is 12. The van der Waals surface area contributed by atoms with Gasteiger partial charge in [0.15, 0.2) is 24.1 Å². The molecule has 4 rings (SSSR count). The van der Waals surface area contributed by atoms with E-state index in [0.717, 1.165) is 19.6 Å². The minimum Gasteiger partial charge on any atom is -0.469 e. The van der Waals surface area contributed by atoms with Crippen LogP contribution in [0.1, 0.15) is 41.5 Å². The Morgan fingerprint density at radius 3 is 0.667 bits per heavy atom. The topological polar surface area (TPSA) is 359 Å². The summed E-state index contributed by atoms with van der Waals surface area (Å²) >= 11 is 0. The zero-order valence-corrected chi connectivity index (χ0v) is 37.1. The Bertz CT molecular complexity index is 1460. The first-order valence-electron chi connectivity index (χ1n) is 16.1. The van der Waals surface area contributed by atoms with E-state index in [9.17, 15) is 57.5 Å². The van der Waals surface area contributed by atoms with E-state index < -0.39 is 95.8 Å². The van der Waals surface area contributed by atoms with Gasteiger partial charge in [-0.3, -0.25) is 57.5 Å². The van der Waals surface area contributed by atoms with Crippen molar-refractivity contribution in [3.05, 3.63) is 21.3 Å². The zero-order valence-electron chi connectivity index (χ0n) is 33.8. The van der Waals surface area contributed by atoms with Crippen LogP contribution >= 0.6 is 0 Å². The first kappa shape index (κ1) is 60.5. The maximum atomic E-state index is 11.0. The SMILES string of the molecule is CC#N.CC#N.COC(=O)[C@@H]1CN(C(C)=O)C(=O)[N-]1.COC(=O)[C@@H]1CN(C(C)=O)C(=O)[N-]1.COC(=O)[C@@H]1CN(C(C)=O)C(=O)[N-]1.COC(=O)[C@@H]1CN(C(C)=O)C(=O)[N-]1.[Rh+2].[Rh+2]. The first-order chi connectivity index (χ1) is 27.1. The molecule has 4 saturated heterocycles. The second-order valence-electron chi connectivity index (χ2n) is 10.8. The smallest absolute Gasteiger partial charge is 0.469 e. The molecule has 0 spiro atoms. The quantitative estimate of drug-likeness (QED) is 0.211. The van der Waals surface area contributed by atoms with Crippen molar-refractivity contribution >= 4 is 71.6 Å². The van der Waals surface area contributed by atoms with E-state index in [-0.39, 0.29) is 65.1 Å². The third-order valence-electron chi connectivity index (χ3n) is 6.82. The minimum absolute atomic E-state index is 0. The Hall–Kier alpha value is -6.13. The third-order valence-corrected chi connectivity index (χ3v) is 6.82. The van der Waals surface area contributed by atoms with Gasteiger partial charge in [-0.25, -0.2) is 0 Å². The maximum absolute atomic E-state index is 11.0. The van der Waals surface area contributed by atoms with Crippen LogP contribution in [0.3, 0.4) is 0 Å². The van der Waals surface area contributed by atoms with Crippen LogP contribution in [0, 0.1) is 22.7 Å². The maximum Gasteiger partial charge on any atom is 2.00 e. The second kappa shape index (κ2) is 30.9. The van der Waals surface area contributed by atoms with Crippen LogP contribution in [0.15, 0.2) is 0 Å². The van der Waals surface area contributed by atoms with Crippen molar-refractivity contribution in [1.29, 1.82) is 10.5 Å². The van der Waals surface area contributed by atoms with Crippen molar-refractivity contribution < 1.29 is 115 Å². The molecule has 0 saturated carbocycles. The summed E-state index contributed by atoms with van der Waals surface area (Å²) in [5.41, 5.74) is 0. The van der Waals surface area contributed by atoms with Gasteiger partial charge in [-0.05, 0) is 53.9 Å². The third kappa shape index (κ3) is 20.0. The van der Waals surface area contributed by atoms with E-state index in [1.807, 2.05) is 0 Å². The predicted octanol–water partition coefficient (Wildman–Crippen LogP) is 0.590. The van der Waals surface area contributed by atoms with Crippen molar-refractivity contribution in [2.24, 2.45) is 0 Å². The number of hydrogen-bond acceptors (Lipinski definition) is 18. The molecular weight excluding hydrogens is 986 g/mol. The molecule has 4 heterocycles. The van der Waals surface area contributed by atoms with E-state index in [1.54, 1.807) is 12.1 Å². The van der Waals surface area contributed by atoms with Crippen LogP contribution in [0.5, 0.6) is 0 Å². The molecule has 2 radical (unpaired) electrons. The molecule has 0 aromatic rings. The molecule has 4 aliphatic rings. The van der Waals surface area contributed by atoms with E-state index in [1.165, 1.54) is 70.0 Å². The molecule has 60 heavy (non-hydrogen) atoms. The van der Waals surface area contributed by atoms with Crippen LogP contribution < -0.4 is 0 Å². The number of nitrogens with zero attached hydrogens (tertiary/aromatic N) is 10. The molecule has 12 amide bonds. The zero-order chi connectivity index (χ0) is 45.4. The van der Waals surface area contributed by atoms with Gasteiger partial charge in [0.1, 0.15) is 23.6 Å². The molecule has 0 aromatic carbocycles. The van der Waals surface area contributed by atoms with E-state index in [0.29, 0.717) is 0 Å². The molecule has 0 bridgehead atoms. The van der Waals surface area contributed by atoms with Gasteiger partial charge in [0, 0.05) is 13.8 Å². The molecule has 4 fully saturated rings. The molecule has 0 unspecified atom stereocenters. The summed E-state index contributed by atoms with van der Waals surface area (Å²) in [6.45, 7) is 7.78. The number of imide groups is 4. The average molecular weight is 1030 g/mol.